The molecule has 0 aliphatic heterocycles. The van der Waals surface area contributed by atoms with Crippen molar-refractivity contribution in [2.75, 3.05) is 6.26 Å². The van der Waals surface area contributed by atoms with E-state index < -0.39 is 25.8 Å². The molecular formula is C24H19ClN2O5S3. The number of nitrogens with zero attached hydrogens (tertiary/aromatic N) is 2. The first kappa shape index (κ1) is 25.1. The number of halogens is 1. The lowest BCUT2D eigenvalue weighted by Gasteiger charge is -2.22. The fourth-order valence-corrected chi connectivity index (χ4v) is 6.79. The number of aromatic nitrogens is 1. The van der Waals surface area contributed by atoms with Gasteiger partial charge in [0.1, 0.15) is 9.90 Å². The maximum atomic E-state index is 13.5. The number of sulfonamides is 1. The molecule has 1 amide bonds. The van der Waals surface area contributed by atoms with Crippen LogP contribution in [-0.2, 0) is 26.4 Å². The molecule has 0 saturated carbocycles. The van der Waals surface area contributed by atoms with Crippen molar-refractivity contribution in [1.29, 1.82) is 0 Å². The zero-order valence-electron chi connectivity index (χ0n) is 18.3. The number of rotatable bonds is 7. The summed E-state index contributed by atoms with van der Waals surface area (Å²) in [6.07, 6.45) is 2.59. The molecule has 0 unspecified atom stereocenters. The van der Waals surface area contributed by atoms with Crippen LogP contribution in [0.2, 0.25) is 5.02 Å². The number of thiazole rings is 1. The monoisotopic (exact) mass is 546 g/mol. The topological polar surface area (TPSA) is 101 Å². The highest BCUT2D eigenvalue weighted by Crippen LogP contribution is 2.31. The van der Waals surface area contributed by atoms with Gasteiger partial charge in [-0.05, 0) is 36.4 Å². The highest BCUT2D eigenvalue weighted by Gasteiger charge is 2.32. The molecule has 4 aromatic rings. The fourth-order valence-electron chi connectivity index (χ4n) is 3.28. The van der Waals surface area contributed by atoms with Crippen LogP contribution in [0.5, 0.6) is 0 Å². The van der Waals surface area contributed by atoms with Gasteiger partial charge in [-0.2, -0.15) is 0 Å². The summed E-state index contributed by atoms with van der Waals surface area (Å²) in [6.45, 7) is -0.273. The van der Waals surface area contributed by atoms with Gasteiger partial charge in [0, 0.05) is 28.5 Å². The van der Waals surface area contributed by atoms with E-state index in [0.29, 0.717) is 15.4 Å². The molecule has 3 aromatic carbocycles. The van der Waals surface area contributed by atoms with E-state index in [1.54, 1.807) is 36.4 Å². The summed E-state index contributed by atoms with van der Waals surface area (Å²) in [5.41, 5.74) is 0.771. The summed E-state index contributed by atoms with van der Waals surface area (Å²) in [5.74, 6) is -0.709. The Balaban J connectivity index is 1.73. The molecule has 0 saturated heterocycles. The van der Waals surface area contributed by atoms with E-state index in [4.69, 9.17) is 11.6 Å². The minimum absolute atomic E-state index is 0.000875. The molecule has 1 heterocycles. The van der Waals surface area contributed by atoms with E-state index in [9.17, 15) is 21.6 Å². The highest BCUT2D eigenvalue weighted by molar-refractivity contribution is 7.90. The lowest BCUT2D eigenvalue weighted by Crippen LogP contribution is -2.36. The highest BCUT2D eigenvalue weighted by atomic mass is 35.5. The van der Waals surface area contributed by atoms with Gasteiger partial charge >= 0.3 is 0 Å². The van der Waals surface area contributed by atoms with Crippen LogP contribution in [0, 0.1) is 0 Å². The van der Waals surface area contributed by atoms with E-state index in [-0.39, 0.29) is 26.9 Å². The SMILES string of the molecule is CS(=O)(=O)c1cccc(-c2ncc(CN(C(=O)c3ccccc3)S(=O)(=O)c3ccccc3Cl)s2)c1. The van der Waals surface area contributed by atoms with E-state index in [1.807, 2.05) is 0 Å². The van der Waals surface area contributed by atoms with Gasteiger partial charge in [-0.25, -0.2) is 26.1 Å². The van der Waals surface area contributed by atoms with Gasteiger partial charge in [-0.1, -0.05) is 54.1 Å². The first-order valence-electron chi connectivity index (χ1n) is 10.2. The normalized spacial score (nSPS) is 11.8. The zero-order valence-corrected chi connectivity index (χ0v) is 21.5. The first-order valence-corrected chi connectivity index (χ1v) is 14.7. The van der Waals surface area contributed by atoms with Crippen LogP contribution in [0.3, 0.4) is 0 Å². The molecule has 0 aliphatic carbocycles. The molecule has 0 aliphatic rings. The Labute approximate surface area is 212 Å². The summed E-state index contributed by atoms with van der Waals surface area (Å²) in [4.78, 5) is 18.1. The summed E-state index contributed by atoms with van der Waals surface area (Å²) >= 11 is 7.33. The molecule has 0 fully saturated rings. The number of amides is 1. The third-order valence-electron chi connectivity index (χ3n) is 5.01. The molecule has 0 radical (unpaired) electrons. The fraction of sp³-hybridized carbons (Fsp3) is 0.0833. The van der Waals surface area contributed by atoms with Crippen molar-refractivity contribution in [3.8, 4) is 10.6 Å². The van der Waals surface area contributed by atoms with Crippen LogP contribution in [0.25, 0.3) is 10.6 Å². The number of carbonyl (C=O) groups is 1. The maximum Gasteiger partial charge on any atom is 0.268 e. The van der Waals surface area contributed by atoms with Crippen molar-refractivity contribution in [3.63, 3.8) is 0 Å². The second kappa shape index (κ2) is 9.90. The van der Waals surface area contributed by atoms with Crippen molar-refractivity contribution < 1.29 is 21.6 Å². The molecule has 7 nitrogen and oxygen atoms in total. The summed E-state index contributed by atoms with van der Waals surface area (Å²) < 4.78 is 51.7. The number of benzene rings is 3. The van der Waals surface area contributed by atoms with Gasteiger partial charge in [-0.15, -0.1) is 11.3 Å². The molecule has 0 spiro atoms. The van der Waals surface area contributed by atoms with Crippen molar-refractivity contribution in [2.24, 2.45) is 0 Å². The van der Waals surface area contributed by atoms with E-state index >= 15 is 0 Å². The molecule has 1 aromatic heterocycles. The lowest BCUT2D eigenvalue weighted by atomic mass is 10.2. The van der Waals surface area contributed by atoms with Crippen LogP contribution in [0.15, 0.2) is 94.9 Å². The quantitative estimate of drug-likeness (QED) is 0.327. The third kappa shape index (κ3) is 5.46. The van der Waals surface area contributed by atoms with Crippen LogP contribution >= 0.6 is 22.9 Å². The van der Waals surface area contributed by atoms with Crippen LogP contribution in [-0.4, -0.2) is 38.3 Å². The van der Waals surface area contributed by atoms with Crippen molar-refractivity contribution in [2.45, 2.75) is 16.3 Å². The second-order valence-corrected chi connectivity index (χ2v) is 12.9. The largest absolute Gasteiger partial charge is 0.268 e. The molecular weight excluding hydrogens is 528 g/mol. The van der Waals surface area contributed by atoms with Crippen molar-refractivity contribution in [3.05, 3.63) is 101 Å². The Bertz CT molecular complexity index is 1600. The molecule has 180 valence electrons. The van der Waals surface area contributed by atoms with Crippen molar-refractivity contribution in [1.82, 2.24) is 9.29 Å². The molecule has 0 atom stereocenters. The molecule has 0 bridgehead atoms. The van der Waals surface area contributed by atoms with Gasteiger partial charge in [0.05, 0.1) is 16.5 Å². The predicted molar refractivity (Wildman–Crippen MR) is 136 cm³/mol. The Morgan fingerprint density at radius 3 is 2.31 bits per heavy atom. The average Bonchev–Trinajstić information content (AvgIpc) is 3.31. The van der Waals surface area contributed by atoms with Gasteiger partial charge in [-0.3, -0.25) is 4.79 Å². The second-order valence-electron chi connectivity index (χ2n) is 7.55. The Morgan fingerprint density at radius 2 is 1.63 bits per heavy atom. The molecule has 0 N–H and O–H groups in total. The van der Waals surface area contributed by atoms with Gasteiger partial charge in [0.15, 0.2) is 9.84 Å². The third-order valence-corrected chi connectivity index (χ3v) is 9.38. The summed E-state index contributed by atoms with van der Waals surface area (Å²) in [5, 5.41) is 0.494. The van der Waals surface area contributed by atoms with E-state index in [2.05, 4.69) is 4.98 Å². The Kier molecular flexibility index (Phi) is 7.09. The Morgan fingerprint density at radius 1 is 0.943 bits per heavy atom. The maximum absolute atomic E-state index is 13.5. The first-order chi connectivity index (χ1) is 16.6. The number of hydrogen-bond acceptors (Lipinski definition) is 7. The van der Waals surface area contributed by atoms with E-state index in [1.165, 1.54) is 48.7 Å². The van der Waals surface area contributed by atoms with Gasteiger partial charge in [0.2, 0.25) is 0 Å². The minimum atomic E-state index is -4.31. The van der Waals surface area contributed by atoms with Crippen molar-refractivity contribution >= 4 is 48.7 Å². The molecule has 11 heteroatoms. The van der Waals surface area contributed by atoms with Gasteiger partial charge < -0.3 is 0 Å². The standard InChI is InChI=1S/C24H19ClN2O5S3/c1-34(29,30)20-11-7-10-18(14-20)23-26-15-19(33-23)16-27(24(28)17-8-3-2-4-9-17)35(31,32)22-13-6-5-12-21(22)25/h2-15H,16H2,1H3. The van der Waals surface area contributed by atoms with Crippen LogP contribution in [0.1, 0.15) is 15.2 Å². The minimum Gasteiger partial charge on any atom is -0.268 e. The lowest BCUT2D eigenvalue weighted by molar-refractivity contribution is 0.0855. The summed E-state index contributed by atoms with van der Waals surface area (Å²) in [6, 6.07) is 20.3. The van der Waals surface area contributed by atoms with E-state index in [0.717, 1.165) is 21.9 Å². The predicted octanol–water partition coefficient (Wildman–Crippen LogP) is 4.90. The number of hydrogen-bond donors (Lipinski definition) is 0. The number of sulfone groups is 1. The number of carbonyl (C=O) groups excluding carboxylic acids is 1. The molecule has 4 rings (SSSR count). The zero-order chi connectivity index (χ0) is 25.2. The van der Waals surface area contributed by atoms with Crippen LogP contribution < -0.4 is 0 Å². The van der Waals surface area contributed by atoms with Gasteiger partial charge in [0.25, 0.3) is 15.9 Å². The Hall–Kier alpha value is -3.05. The smallest absolute Gasteiger partial charge is 0.268 e. The summed E-state index contributed by atoms with van der Waals surface area (Å²) in [7, 11) is -7.72. The molecule has 35 heavy (non-hydrogen) atoms. The average molecular weight is 547 g/mol. The van der Waals surface area contributed by atoms with Crippen LogP contribution in [0.4, 0.5) is 0 Å².